The van der Waals surface area contributed by atoms with Crippen molar-refractivity contribution in [1.29, 1.82) is 0 Å². The van der Waals surface area contributed by atoms with E-state index in [4.69, 9.17) is 10.9 Å². The maximum atomic E-state index is 11.0. The standard InChI is InChI=1S/C7H14N2O2/c1-4(2)5-3-9(11)7(10)6(5)8/h4-6,11H,3,8H2,1-2H3/t5-,6+/m0/s1. The number of amides is 1. The summed E-state index contributed by atoms with van der Waals surface area (Å²) in [6, 6.07) is -0.514. The highest BCUT2D eigenvalue weighted by molar-refractivity contribution is 5.83. The van der Waals surface area contributed by atoms with E-state index >= 15 is 0 Å². The Labute approximate surface area is 65.9 Å². The topological polar surface area (TPSA) is 66.6 Å². The first kappa shape index (κ1) is 8.49. The van der Waals surface area contributed by atoms with Crippen LogP contribution in [-0.4, -0.2) is 28.8 Å². The summed E-state index contributed by atoms with van der Waals surface area (Å²) in [5.41, 5.74) is 5.56. The van der Waals surface area contributed by atoms with Gasteiger partial charge in [-0.3, -0.25) is 10.0 Å². The molecule has 4 nitrogen and oxygen atoms in total. The minimum absolute atomic E-state index is 0.0903. The van der Waals surface area contributed by atoms with E-state index in [0.717, 1.165) is 5.06 Å². The molecule has 0 radical (unpaired) electrons. The number of carbonyl (C=O) groups is 1. The van der Waals surface area contributed by atoms with Crippen molar-refractivity contribution in [3.8, 4) is 0 Å². The van der Waals surface area contributed by atoms with Crippen LogP contribution < -0.4 is 5.73 Å². The SMILES string of the molecule is CC(C)[C@@H]1CN(O)C(=O)[C@@H]1N. The van der Waals surface area contributed by atoms with Gasteiger partial charge in [-0.15, -0.1) is 0 Å². The van der Waals surface area contributed by atoms with Crippen LogP contribution >= 0.6 is 0 Å². The minimum Gasteiger partial charge on any atom is -0.320 e. The van der Waals surface area contributed by atoms with Gasteiger partial charge in [0.05, 0.1) is 12.6 Å². The second-order valence-electron chi connectivity index (χ2n) is 3.35. The van der Waals surface area contributed by atoms with Gasteiger partial charge in [-0.1, -0.05) is 13.8 Å². The Kier molecular flexibility index (Phi) is 2.15. The summed E-state index contributed by atoms with van der Waals surface area (Å²) >= 11 is 0. The first-order chi connectivity index (χ1) is 5.04. The van der Waals surface area contributed by atoms with E-state index in [9.17, 15) is 4.79 Å². The zero-order valence-corrected chi connectivity index (χ0v) is 6.82. The zero-order chi connectivity index (χ0) is 8.59. The maximum absolute atomic E-state index is 11.0. The monoisotopic (exact) mass is 158 g/mol. The fraction of sp³-hybridized carbons (Fsp3) is 0.857. The predicted molar refractivity (Wildman–Crippen MR) is 39.8 cm³/mol. The van der Waals surface area contributed by atoms with Crippen LogP contribution in [0.1, 0.15) is 13.8 Å². The van der Waals surface area contributed by atoms with Crippen molar-refractivity contribution in [2.45, 2.75) is 19.9 Å². The van der Waals surface area contributed by atoms with Crippen LogP contribution in [0.3, 0.4) is 0 Å². The predicted octanol–water partition coefficient (Wildman–Crippen LogP) is -0.183. The Balaban J connectivity index is 2.67. The third-order valence-corrected chi connectivity index (χ3v) is 2.24. The molecule has 0 aromatic rings. The quantitative estimate of drug-likeness (QED) is 0.520. The molecule has 0 saturated carbocycles. The van der Waals surface area contributed by atoms with Crippen molar-refractivity contribution < 1.29 is 10.0 Å². The molecular formula is C7H14N2O2. The molecule has 1 rings (SSSR count). The Hall–Kier alpha value is -0.610. The van der Waals surface area contributed by atoms with Crippen molar-refractivity contribution >= 4 is 5.91 Å². The van der Waals surface area contributed by atoms with Crippen LogP contribution in [0.5, 0.6) is 0 Å². The maximum Gasteiger partial charge on any atom is 0.263 e. The van der Waals surface area contributed by atoms with Crippen LogP contribution in [0.4, 0.5) is 0 Å². The molecule has 1 aliphatic rings. The van der Waals surface area contributed by atoms with Crippen LogP contribution in [-0.2, 0) is 4.79 Å². The van der Waals surface area contributed by atoms with Gasteiger partial charge in [0.25, 0.3) is 5.91 Å². The fourth-order valence-electron chi connectivity index (χ4n) is 1.38. The van der Waals surface area contributed by atoms with Crippen molar-refractivity contribution in [2.24, 2.45) is 17.6 Å². The van der Waals surface area contributed by atoms with Gasteiger partial charge in [-0.05, 0) is 5.92 Å². The zero-order valence-electron chi connectivity index (χ0n) is 6.82. The van der Waals surface area contributed by atoms with Gasteiger partial charge in [0.2, 0.25) is 0 Å². The van der Waals surface area contributed by atoms with Gasteiger partial charge in [0.15, 0.2) is 0 Å². The number of hydrogen-bond donors (Lipinski definition) is 2. The lowest BCUT2D eigenvalue weighted by Crippen LogP contribution is -2.36. The summed E-state index contributed by atoms with van der Waals surface area (Å²) in [5, 5.41) is 9.71. The summed E-state index contributed by atoms with van der Waals surface area (Å²) in [6.07, 6.45) is 0. The normalized spacial score (nSPS) is 32.1. The highest BCUT2D eigenvalue weighted by Gasteiger charge is 2.38. The Morgan fingerprint density at radius 3 is 2.45 bits per heavy atom. The highest BCUT2D eigenvalue weighted by atomic mass is 16.5. The van der Waals surface area contributed by atoms with E-state index in [0.29, 0.717) is 12.5 Å². The molecule has 64 valence electrons. The molecule has 2 atom stereocenters. The number of hydroxylamine groups is 2. The first-order valence-electron chi connectivity index (χ1n) is 3.80. The smallest absolute Gasteiger partial charge is 0.263 e. The lowest BCUT2D eigenvalue weighted by Gasteiger charge is -2.15. The van der Waals surface area contributed by atoms with Crippen molar-refractivity contribution in [2.75, 3.05) is 6.54 Å². The van der Waals surface area contributed by atoms with E-state index < -0.39 is 6.04 Å². The van der Waals surface area contributed by atoms with Gasteiger partial charge in [0, 0.05) is 5.92 Å². The molecule has 1 amide bonds. The summed E-state index contributed by atoms with van der Waals surface area (Å²) in [5.74, 6) is 0.0716. The van der Waals surface area contributed by atoms with Gasteiger partial charge in [0.1, 0.15) is 0 Å². The number of nitrogens with zero attached hydrogens (tertiary/aromatic N) is 1. The Morgan fingerprint density at radius 1 is 1.73 bits per heavy atom. The lowest BCUT2D eigenvalue weighted by molar-refractivity contribution is -0.158. The molecule has 0 spiro atoms. The van der Waals surface area contributed by atoms with E-state index in [1.54, 1.807) is 0 Å². The van der Waals surface area contributed by atoms with Gasteiger partial charge < -0.3 is 5.73 Å². The number of carbonyl (C=O) groups excluding carboxylic acids is 1. The molecule has 0 unspecified atom stereocenters. The van der Waals surface area contributed by atoms with E-state index in [1.165, 1.54) is 0 Å². The minimum atomic E-state index is -0.514. The number of nitrogens with two attached hydrogens (primary N) is 1. The largest absolute Gasteiger partial charge is 0.320 e. The molecule has 0 aliphatic carbocycles. The molecule has 1 fully saturated rings. The van der Waals surface area contributed by atoms with Crippen LogP contribution in [0, 0.1) is 11.8 Å². The van der Waals surface area contributed by atoms with E-state index in [-0.39, 0.29) is 11.8 Å². The molecule has 1 saturated heterocycles. The first-order valence-corrected chi connectivity index (χ1v) is 3.80. The lowest BCUT2D eigenvalue weighted by atomic mass is 9.92. The third-order valence-electron chi connectivity index (χ3n) is 2.24. The summed E-state index contributed by atoms with van der Waals surface area (Å²) < 4.78 is 0. The summed E-state index contributed by atoms with van der Waals surface area (Å²) in [4.78, 5) is 11.0. The Morgan fingerprint density at radius 2 is 2.27 bits per heavy atom. The summed E-state index contributed by atoms with van der Waals surface area (Å²) in [7, 11) is 0. The molecule has 0 bridgehead atoms. The van der Waals surface area contributed by atoms with Crippen molar-refractivity contribution in [1.82, 2.24) is 5.06 Å². The Bertz CT molecular complexity index is 170. The second-order valence-corrected chi connectivity index (χ2v) is 3.35. The average molecular weight is 158 g/mol. The summed E-state index contributed by atoms with van der Waals surface area (Å²) in [6.45, 7) is 4.37. The second kappa shape index (κ2) is 2.79. The molecule has 11 heavy (non-hydrogen) atoms. The van der Waals surface area contributed by atoms with Crippen LogP contribution in [0.25, 0.3) is 0 Å². The molecule has 4 heteroatoms. The molecular weight excluding hydrogens is 144 g/mol. The van der Waals surface area contributed by atoms with Gasteiger partial charge >= 0.3 is 0 Å². The van der Waals surface area contributed by atoms with Crippen molar-refractivity contribution in [3.63, 3.8) is 0 Å². The van der Waals surface area contributed by atoms with Crippen LogP contribution in [0.2, 0.25) is 0 Å². The molecule has 1 aliphatic heterocycles. The molecule has 0 aromatic carbocycles. The molecule has 3 N–H and O–H groups in total. The van der Waals surface area contributed by atoms with Crippen LogP contribution in [0.15, 0.2) is 0 Å². The van der Waals surface area contributed by atoms with Gasteiger partial charge in [-0.2, -0.15) is 0 Å². The number of rotatable bonds is 1. The number of hydrogen-bond acceptors (Lipinski definition) is 3. The van der Waals surface area contributed by atoms with E-state index in [1.807, 2.05) is 13.8 Å². The fourth-order valence-corrected chi connectivity index (χ4v) is 1.38. The highest BCUT2D eigenvalue weighted by Crippen LogP contribution is 2.22. The van der Waals surface area contributed by atoms with E-state index in [2.05, 4.69) is 0 Å². The third kappa shape index (κ3) is 1.36. The molecule has 0 aromatic heterocycles. The van der Waals surface area contributed by atoms with Crippen molar-refractivity contribution in [3.05, 3.63) is 0 Å². The average Bonchev–Trinajstić information content (AvgIpc) is 2.17. The van der Waals surface area contributed by atoms with Gasteiger partial charge in [-0.25, -0.2) is 5.06 Å². The molecule has 1 heterocycles.